The van der Waals surface area contributed by atoms with Crippen molar-refractivity contribution in [3.63, 3.8) is 0 Å². The van der Waals surface area contributed by atoms with Gasteiger partial charge in [-0.15, -0.1) is 0 Å². The topological polar surface area (TPSA) is 35.2 Å². The van der Waals surface area contributed by atoms with Gasteiger partial charge in [0.2, 0.25) is 0 Å². The molecule has 102 valence electrons. The van der Waals surface area contributed by atoms with Crippen LogP contribution in [0.15, 0.2) is 48.5 Å². The molecule has 2 aromatic rings. The maximum atomic E-state index is 13.2. The van der Waals surface area contributed by atoms with Gasteiger partial charge in [0.1, 0.15) is 5.82 Å². The van der Waals surface area contributed by atoms with Crippen molar-refractivity contribution in [2.24, 2.45) is 5.73 Å². The Morgan fingerprint density at radius 3 is 2.60 bits per heavy atom. The first-order valence-corrected chi connectivity index (χ1v) is 6.38. The summed E-state index contributed by atoms with van der Waals surface area (Å²) in [6.45, 7) is 1.16. The molecule has 0 atom stereocenters. The number of benzene rings is 2. The number of rotatable bonds is 4. The van der Waals surface area contributed by atoms with Gasteiger partial charge in [0.25, 0.3) is 0 Å². The van der Waals surface area contributed by atoms with Crippen LogP contribution in [0.4, 0.5) is 4.39 Å². The third-order valence-corrected chi connectivity index (χ3v) is 2.77. The van der Waals surface area contributed by atoms with Gasteiger partial charge >= 0.3 is 0 Å². The third-order valence-electron chi connectivity index (χ3n) is 2.77. The Kier molecular flexibility index (Phi) is 5.31. The minimum Gasteiger partial charge on any atom is -0.372 e. The van der Waals surface area contributed by atoms with E-state index in [2.05, 4.69) is 11.8 Å². The molecule has 0 heterocycles. The van der Waals surface area contributed by atoms with E-state index < -0.39 is 0 Å². The number of nitrogens with two attached hydrogens (primary N) is 1. The summed E-state index contributed by atoms with van der Waals surface area (Å²) in [5, 5.41) is 0. The lowest BCUT2D eigenvalue weighted by molar-refractivity contribution is 0.107. The minimum absolute atomic E-state index is 0.251. The van der Waals surface area contributed by atoms with Gasteiger partial charge < -0.3 is 10.5 Å². The zero-order valence-corrected chi connectivity index (χ0v) is 11.1. The fraction of sp³-hybridized carbons (Fsp3) is 0.176. The summed E-state index contributed by atoms with van der Waals surface area (Å²) in [7, 11) is 0. The largest absolute Gasteiger partial charge is 0.372 e. The molecule has 0 aliphatic rings. The van der Waals surface area contributed by atoms with Crippen molar-refractivity contribution in [2.45, 2.75) is 13.2 Å². The molecule has 0 unspecified atom stereocenters. The second-order valence-electron chi connectivity index (χ2n) is 4.29. The highest BCUT2D eigenvalue weighted by molar-refractivity contribution is 5.41. The van der Waals surface area contributed by atoms with E-state index in [1.165, 1.54) is 12.1 Å². The number of hydrogen-bond donors (Lipinski definition) is 1. The molecule has 0 saturated carbocycles. The predicted molar refractivity (Wildman–Crippen MR) is 77.3 cm³/mol. The van der Waals surface area contributed by atoms with E-state index in [0.29, 0.717) is 18.8 Å². The number of halogens is 1. The van der Waals surface area contributed by atoms with Crippen LogP contribution in [0.2, 0.25) is 0 Å². The van der Waals surface area contributed by atoms with Crippen molar-refractivity contribution in [3.05, 3.63) is 71.0 Å². The van der Waals surface area contributed by atoms with E-state index in [0.717, 1.165) is 11.1 Å². The van der Waals surface area contributed by atoms with Crippen LogP contribution < -0.4 is 5.73 Å². The molecule has 2 aromatic carbocycles. The van der Waals surface area contributed by atoms with Crippen molar-refractivity contribution in [2.75, 3.05) is 6.54 Å². The average molecular weight is 269 g/mol. The van der Waals surface area contributed by atoms with Gasteiger partial charge in [0.05, 0.1) is 19.8 Å². The lowest BCUT2D eigenvalue weighted by Gasteiger charge is -2.07. The lowest BCUT2D eigenvalue weighted by Crippen LogP contribution is -1.98. The number of ether oxygens (including phenoxy) is 1. The molecule has 3 heteroatoms. The molecule has 0 spiro atoms. The molecule has 2 nitrogen and oxygen atoms in total. The second-order valence-corrected chi connectivity index (χ2v) is 4.29. The Morgan fingerprint density at radius 2 is 1.85 bits per heavy atom. The van der Waals surface area contributed by atoms with Crippen molar-refractivity contribution in [1.29, 1.82) is 0 Å². The van der Waals surface area contributed by atoms with Gasteiger partial charge in [-0.1, -0.05) is 48.2 Å². The van der Waals surface area contributed by atoms with E-state index >= 15 is 0 Å². The molecule has 0 amide bonds. The first kappa shape index (κ1) is 14.3. The molecule has 0 aliphatic carbocycles. The molecule has 0 aromatic heterocycles. The van der Waals surface area contributed by atoms with Crippen LogP contribution in [0, 0.1) is 17.7 Å². The molecular formula is C17H16FNO. The van der Waals surface area contributed by atoms with Gasteiger partial charge in [-0.25, -0.2) is 4.39 Å². The van der Waals surface area contributed by atoms with E-state index in [1.54, 1.807) is 6.07 Å². The zero-order chi connectivity index (χ0) is 14.2. The standard InChI is InChI=1S/C17H16FNO/c18-17-9-8-16(15(11-17)7-4-10-19)13-20-12-14-5-2-1-3-6-14/h1-3,5-6,8-9,11H,10,12-13,19H2. The van der Waals surface area contributed by atoms with Crippen molar-refractivity contribution in [1.82, 2.24) is 0 Å². The average Bonchev–Trinajstić information content (AvgIpc) is 2.48. The smallest absolute Gasteiger partial charge is 0.124 e. The third kappa shape index (κ3) is 4.20. The highest BCUT2D eigenvalue weighted by atomic mass is 19.1. The SMILES string of the molecule is NCC#Cc1cc(F)ccc1COCc1ccccc1. The van der Waals surface area contributed by atoms with Crippen LogP contribution >= 0.6 is 0 Å². The number of hydrogen-bond acceptors (Lipinski definition) is 2. The van der Waals surface area contributed by atoms with Crippen LogP contribution in [-0.2, 0) is 18.0 Å². The second kappa shape index (κ2) is 7.44. The summed E-state index contributed by atoms with van der Waals surface area (Å²) in [6.07, 6.45) is 0. The molecule has 2 N–H and O–H groups in total. The predicted octanol–water partition coefficient (Wildman–Crippen LogP) is 2.85. The maximum absolute atomic E-state index is 13.2. The van der Waals surface area contributed by atoms with Crippen molar-refractivity contribution in [3.8, 4) is 11.8 Å². The zero-order valence-electron chi connectivity index (χ0n) is 11.1. The van der Waals surface area contributed by atoms with Gasteiger partial charge in [0, 0.05) is 5.56 Å². The molecular weight excluding hydrogens is 253 g/mol. The molecule has 0 radical (unpaired) electrons. The van der Waals surface area contributed by atoms with Crippen molar-refractivity contribution >= 4 is 0 Å². The Labute approximate surface area is 118 Å². The lowest BCUT2D eigenvalue weighted by atomic mass is 10.1. The summed E-state index contributed by atoms with van der Waals surface area (Å²) >= 11 is 0. The molecule has 0 fully saturated rings. The monoisotopic (exact) mass is 269 g/mol. The van der Waals surface area contributed by atoms with Crippen LogP contribution in [0.25, 0.3) is 0 Å². The quantitative estimate of drug-likeness (QED) is 0.866. The van der Waals surface area contributed by atoms with Crippen molar-refractivity contribution < 1.29 is 9.13 Å². The van der Waals surface area contributed by atoms with Crippen LogP contribution in [-0.4, -0.2) is 6.54 Å². The summed E-state index contributed by atoms with van der Waals surface area (Å²) in [5.74, 6) is 5.30. The first-order valence-electron chi connectivity index (χ1n) is 6.38. The summed E-state index contributed by atoms with van der Waals surface area (Å²) in [4.78, 5) is 0. The normalized spacial score (nSPS) is 9.90. The highest BCUT2D eigenvalue weighted by Gasteiger charge is 2.03. The molecule has 0 saturated heterocycles. The summed E-state index contributed by atoms with van der Waals surface area (Å²) in [6, 6.07) is 14.4. The summed E-state index contributed by atoms with van der Waals surface area (Å²) < 4.78 is 18.9. The molecule has 0 bridgehead atoms. The summed E-state index contributed by atoms with van der Waals surface area (Å²) in [5.41, 5.74) is 7.94. The van der Waals surface area contributed by atoms with Gasteiger partial charge in [-0.2, -0.15) is 0 Å². The van der Waals surface area contributed by atoms with E-state index in [-0.39, 0.29) is 12.4 Å². The van der Waals surface area contributed by atoms with Crippen LogP contribution in [0.5, 0.6) is 0 Å². The molecule has 2 rings (SSSR count). The Balaban J connectivity index is 2.02. The fourth-order valence-electron chi connectivity index (χ4n) is 1.79. The van der Waals surface area contributed by atoms with Gasteiger partial charge in [0.15, 0.2) is 0 Å². The Hall–Kier alpha value is -2.15. The molecule has 20 heavy (non-hydrogen) atoms. The Morgan fingerprint density at radius 1 is 1.05 bits per heavy atom. The maximum Gasteiger partial charge on any atom is 0.124 e. The van der Waals surface area contributed by atoms with Crippen LogP contribution in [0.1, 0.15) is 16.7 Å². The van der Waals surface area contributed by atoms with E-state index in [1.807, 2.05) is 30.3 Å². The highest BCUT2D eigenvalue weighted by Crippen LogP contribution is 2.13. The van der Waals surface area contributed by atoms with E-state index in [9.17, 15) is 4.39 Å². The fourth-order valence-corrected chi connectivity index (χ4v) is 1.79. The first-order chi connectivity index (χ1) is 9.79. The molecule has 0 aliphatic heterocycles. The Bertz CT molecular complexity index is 614. The minimum atomic E-state index is -0.307. The van der Waals surface area contributed by atoms with Gasteiger partial charge in [-0.3, -0.25) is 0 Å². The van der Waals surface area contributed by atoms with Gasteiger partial charge in [-0.05, 0) is 23.3 Å². The van der Waals surface area contributed by atoms with E-state index in [4.69, 9.17) is 10.5 Å². The van der Waals surface area contributed by atoms with Crippen LogP contribution in [0.3, 0.4) is 0 Å².